The van der Waals surface area contributed by atoms with Crippen molar-refractivity contribution in [1.29, 1.82) is 0 Å². The number of carbonyl (C=O) groups excluding carboxylic acids is 2. The van der Waals surface area contributed by atoms with Gasteiger partial charge in [0.25, 0.3) is 0 Å². The van der Waals surface area contributed by atoms with Crippen LogP contribution >= 0.6 is 0 Å². The Morgan fingerprint density at radius 1 is 1.21 bits per heavy atom. The lowest BCUT2D eigenvalue weighted by atomic mass is 9.89. The van der Waals surface area contributed by atoms with Crippen LogP contribution in [0.25, 0.3) is 0 Å². The molecule has 0 unspecified atom stereocenters. The van der Waals surface area contributed by atoms with Crippen LogP contribution in [0.4, 0.5) is 9.18 Å². The van der Waals surface area contributed by atoms with E-state index in [0.717, 1.165) is 5.56 Å². The summed E-state index contributed by atoms with van der Waals surface area (Å²) in [5.41, 5.74) is 0.782. The lowest BCUT2D eigenvalue weighted by Gasteiger charge is -2.32. The molecular formula is C20H24FN5O2. The molecule has 148 valence electrons. The van der Waals surface area contributed by atoms with Gasteiger partial charge in [0.05, 0.1) is 6.04 Å². The highest BCUT2D eigenvalue weighted by Gasteiger charge is 2.50. The summed E-state index contributed by atoms with van der Waals surface area (Å²) in [6.07, 6.45) is 3.42. The van der Waals surface area contributed by atoms with Gasteiger partial charge < -0.3 is 14.7 Å². The third-order valence-electron chi connectivity index (χ3n) is 5.69. The molecule has 2 aromatic rings. The molecule has 0 aliphatic carbocycles. The predicted octanol–water partition coefficient (Wildman–Crippen LogP) is 1.84. The van der Waals surface area contributed by atoms with Gasteiger partial charge in [0, 0.05) is 58.0 Å². The van der Waals surface area contributed by atoms with E-state index in [1.54, 1.807) is 48.2 Å². The maximum atomic E-state index is 13.9. The Kier molecular flexibility index (Phi) is 4.78. The maximum absolute atomic E-state index is 13.9. The zero-order chi connectivity index (χ0) is 19.8. The molecule has 4 rings (SSSR count). The molecule has 0 N–H and O–H groups in total. The molecule has 1 aromatic heterocycles. The molecule has 2 fully saturated rings. The van der Waals surface area contributed by atoms with Gasteiger partial charge in [0.2, 0.25) is 5.91 Å². The summed E-state index contributed by atoms with van der Waals surface area (Å²) in [5.74, 6) is -0.0320. The Balaban J connectivity index is 1.56. The van der Waals surface area contributed by atoms with Gasteiger partial charge in [0.15, 0.2) is 0 Å². The zero-order valence-corrected chi connectivity index (χ0v) is 16.0. The monoisotopic (exact) mass is 385 g/mol. The van der Waals surface area contributed by atoms with Crippen molar-refractivity contribution in [2.45, 2.75) is 12.6 Å². The molecule has 8 heteroatoms. The number of nitrogens with zero attached hydrogens (tertiary/aromatic N) is 5. The van der Waals surface area contributed by atoms with Crippen molar-refractivity contribution in [3.05, 3.63) is 54.1 Å². The minimum atomic E-state index is -0.317. The predicted molar refractivity (Wildman–Crippen MR) is 101 cm³/mol. The number of carbonyl (C=O) groups is 2. The van der Waals surface area contributed by atoms with Crippen LogP contribution in [0.5, 0.6) is 0 Å². The fourth-order valence-corrected chi connectivity index (χ4v) is 4.45. The third kappa shape index (κ3) is 3.34. The minimum absolute atomic E-state index is 0.0154. The smallest absolute Gasteiger partial charge is 0.320 e. The van der Waals surface area contributed by atoms with Gasteiger partial charge in [-0.2, -0.15) is 5.10 Å². The number of urea groups is 1. The van der Waals surface area contributed by atoms with Crippen molar-refractivity contribution in [2.24, 2.45) is 11.8 Å². The molecule has 2 aliphatic rings. The van der Waals surface area contributed by atoms with Crippen LogP contribution in [0.3, 0.4) is 0 Å². The number of hydrogen-bond acceptors (Lipinski definition) is 3. The van der Waals surface area contributed by atoms with Gasteiger partial charge in [-0.05, 0) is 23.8 Å². The normalized spacial score (nSPS) is 23.8. The molecule has 7 nitrogen and oxygen atoms in total. The summed E-state index contributed by atoms with van der Waals surface area (Å²) < 4.78 is 15.5. The van der Waals surface area contributed by atoms with Crippen LogP contribution in [0, 0.1) is 17.7 Å². The topological polar surface area (TPSA) is 61.7 Å². The Bertz CT molecular complexity index is 869. The van der Waals surface area contributed by atoms with Crippen LogP contribution in [0.15, 0.2) is 42.7 Å². The highest BCUT2D eigenvalue weighted by Crippen LogP contribution is 2.45. The SMILES string of the molecule is CN(C)C(=O)N1C[C@H]2CN(C(=O)Cn3cccn3)C[C@H]2[C@@H]1c1cccc(F)c1. The number of benzene rings is 1. The Morgan fingerprint density at radius 3 is 2.71 bits per heavy atom. The van der Waals surface area contributed by atoms with E-state index in [-0.39, 0.29) is 42.2 Å². The first-order chi connectivity index (χ1) is 13.4. The standard InChI is InChI=1S/C20H24FN5O2/c1-23(2)20(28)26-11-15-10-24(18(27)13-25-8-4-7-22-25)12-17(15)19(26)14-5-3-6-16(21)9-14/h3-9,15,17,19H,10-13H2,1-2H3/t15-,17-,19+/m1/s1. The van der Waals surface area contributed by atoms with Crippen LogP contribution in [0.1, 0.15) is 11.6 Å². The lowest BCUT2D eigenvalue weighted by molar-refractivity contribution is -0.131. The van der Waals surface area contributed by atoms with Gasteiger partial charge in [-0.1, -0.05) is 12.1 Å². The first-order valence-electron chi connectivity index (χ1n) is 9.42. The zero-order valence-electron chi connectivity index (χ0n) is 16.0. The Labute approximate surface area is 163 Å². The lowest BCUT2D eigenvalue weighted by Crippen LogP contribution is -2.42. The Morgan fingerprint density at radius 2 is 2.04 bits per heavy atom. The van der Waals surface area contributed by atoms with E-state index in [0.29, 0.717) is 19.6 Å². The summed E-state index contributed by atoms with van der Waals surface area (Å²) in [7, 11) is 3.44. The Hall–Kier alpha value is -2.90. The molecule has 0 saturated carbocycles. The highest BCUT2D eigenvalue weighted by molar-refractivity contribution is 5.77. The first kappa shape index (κ1) is 18.5. The average molecular weight is 385 g/mol. The van der Waals surface area contributed by atoms with Gasteiger partial charge in [-0.25, -0.2) is 9.18 Å². The molecule has 3 heterocycles. The van der Waals surface area contributed by atoms with Crippen LogP contribution in [0.2, 0.25) is 0 Å². The maximum Gasteiger partial charge on any atom is 0.320 e. The molecule has 0 bridgehead atoms. The number of aromatic nitrogens is 2. The van der Waals surface area contributed by atoms with Gasteiger partial charge >= 0.3 is 6.03 Å². The van der Waals surface area contributed by atoms with E-state index in [4.69, 9.17) is 0 Å². The van der Waals surface area contributed by atoms with Crippen molar-refractivity contribution in [3.63, 3.8) is 0 Å². The number of fused-ring (bicyclic) bond motifs is 1. The fraction of sp³-hybridized carbons (Fsp3) is 0.450. The summed E-state index contributed by atoms with van der Waals surface area (Å²) in [5, 5.41) is 4.10. The van der Waals surface area contributed by atoms with E-state index >= 15 is 0 Å². The van der Waals surface area contributed by atoms with Crippen LogP contribution in [-0.2, 0) is 11.3 Å². The van der Waals surface area contributed by atoms with Gasteiger partial charge in [-0.3, -0.25) is 9.48 Å². The van der Waals surface area contributed by atoms with E-state index in [9.17, 15) is 14.0 Å². The summed E-state index contributed by atoms with van der Waals surface area (Å²) in [4.78, 5) is 30.6. The molecule has 2 saturated heterocycles. The molecule has 2 aliphatic heterocycles. The van der Waals surface area contributed by atoms with Gasteiger partial charge in [-0.15, -0.1) is 0 Å². The fourth-order valence-electron chi connectivity index (χ4n) is 4.45. The van der Waals surface area contributed by atoms with Crippen molar-refractivity contribution in [2.75, 3.05) is 33.7 Å². The molecular weight excluding hydrogens is 361 g/mol. The van der Waals surface area contributed by atoms with Crippen molar-refractivity contribution in [3.8, 4) is 0 Å². The number of hydrogen-bond donors (Lipinski definition) is 0. The van der Waals surface area contributed by atoms with E-state index in [1.165, 1.54) is 12.1 Å². The summed E-state index contributed by atoms with van der Waals surface area (Å²) in [6, 6.07) is 7.90. The van der Waals surface area contributed by atoms with E-state index in [2.05, 4.69) is 5.10 Å². The summed E-state index contributed by atoms with van der Waals surface area (Å²) in [6.45, 7) is 1.93. The minimum Gasteiger partial charge on any atom is -0.340 e. The van der Waals surface area contributed by atoms with E-state index < -0.39 is 0 Å². The van der Waals surface area contributed by atoms with Crippen molar-refractivity contribution in [1.82, 2.24) is 24.5 Å². The third-order valence-corrected chi connectivity index (χ3v) is 5.69. The second-order valence-corrected chi connectivity index (χ2v) is 7.76. The molecule has 3 amide bonds. The first-order valence-corrected chi connectivity index (χ1v) is 9.42. The largest absolute Gasteiger partial charge is 0.340 e. The van der Waals surface area contributed by atoms with Gasteiger partial charge in [0.1, 0.15) is 12.4 Å². The second kappa shape index (κ2) is 7.26. The molecule has 0 radical (unpaired) electrons. The molecule has 0 spiro atoms. The number of rotatable bonds is 3. The quantitative estimate of drug-likeness (QED) is 0.810. The van der Waals surface area contributed by atoms with Crippen molar-refractivity contribution >= 4 is 11.9 Å². The highest BCUT2D eigenvalue weighted by atomic mass is 19.1. The molecule has 3 atom stereocenters. The number of amides is 3. The van der Waals surface area contributed by atoms with Crippen molar-refractivity contribution < 1.29 is 14.0 Å². The summed E-state index contributed by atoms with van der Waals surface area (Å²) >= 11 is 0. The molecule has 28 heavy (non-hydrogen) atoms. The molecule has 1 aromatic carbocycles. The average Bonchev–Trinajstić information content (AvgIpc) is 3.36. The van der Waals surface area contributed by atoms with Crippen LogP contribution < -0.4 is 0 Å². The second-order valence-electron chi connectivity index (χ2n) is 7.76. The number of halogens is 1. The van der Waals surface area contributed by atoms with Crippen LogP contribution in [-0.4, -0.2) is 70.1 Å². The number of likely N-dealkylation sites (tertiary alicyclic amines) is 2. The van der Waals surface area contributed by atoms with E-state index in [1.807, 2.05) is 15.9 Å².